The van der Waals surface area contributed by atoms with Crippen LogP contribution in [0.1, 0.15) is 41.3 Å². The minimum Gasteiger partial charge on any atom is -0.466 e. The third-order valence-corrected chi connectivity index (χ3v) is 10.1. The first-order valence-corrected chi connectivity index (χ1v) is 18.3. The van der Waals surface area contributed by atoms with E-state index in [0.717, 1.165) is 45.3 Å². The fraction of sp³-hybridized carbons (Fsp3) is 0.111. The van der Waals surface area contributed by atoms with Crippen LogP contribution < -0.4 is 14.5 Å². The molecule has 1 aromatic heterocycles. The van der Waals surface area contributed by atoms with Gasteiger partial charge in [-0.25, -0.2) is 14.2 Å². The molecule has 9 heteroatoms. The Morgan fingerprint density at radius 2 is 1.69 bits per heavy atom. The van der Waals surface area contributed by atoms with Crippen LogP contribution in [-0.2, 0) is 4.79 Å². The number of thiazole rings is 1. The van der Waals surface area contributed by atoms with Crippen molar-refractivity contribution >= 4 is 50.3 Å². The summed E-state index contributed by atoms with van der Waals surface area (Å²) in [4.78, 5) is 30.9. The zero-order chi connectivity index (χ0) is 37.6. The number of anilines is 1. The molecule has 5 aromatic rings. The number of hydrazone groups is 1. The molecular formula is C45H36FN3O4S. The predicted molar refractivity (Wildman–Crippen MR) is 215 cm³/mol. The molecule has 0 N–H and O–H groups in total. The fourth-order valence-corrected chi connectivity index (χ4v) is 7.32. The number of fused-ring (bicyclic) bond motifs is 2. The zero-order valence-corrected chi connectivity index (χ0v) is 30.3. The van der Waals surface area contributed by atoms with Crippen LogP contribution in [0, 0.1) is 17.7 Å². The minimum atomic E-state index is -0.833. The Kier molecular flexibility index (Phi) is 10.7. The fourth-order valence-electron chi connectivity index (χ4n) is 6.39. The summed E-state index contributed by atoms with van der Waals surface area (Å²) < 4.78 is 27.4. The maximum absolute atomic E-state index is 15.5. The normalized spacial score (nSPS) is 16.0. The number of aromatic nitrogens is 1. The van der Waals surface area contributed by atoms with Crippen molar-refractivity contribution in [3.63, 3.8) is 0 Å². The highest BCUT2D eigenvalue weighted by Gasteiger charge is 2.22. The molecule has 0 spiro atoms. The van der Waals surface area contributed by atoms with Gasteiger partial charge in [0, 0.05) is 17.4 Å². The predicted octanol–water partition coefficient (Wildman–Crippen LogP) is 10.9. The molecule has 2 aliphatic rings. The monoisotopic (exact) mass is 733 g/mol. The molecule has 0 saturated carbocycles. The number of carbonyl (C=O) groups excluding carboxylic acids is 2. The van der Waals surface area contributed by atoms with Crippen LogP contribution in [0.3, 0.4) is 0 Å². The van der Waals surface area contributed by atoms with Gasteiger partial charge >= 0.3 is 5.97 Å². The topological polar surface area (TPSA) is 81.1 Å². The molecule has 0 bridgehead atoms. The molecule has 0 radical (unpaired) electrons. The maximum atomic E-state index is 15.5. The standard InChI is InChI=1S/C45H36FN3O4S/c1-4-9-29-12-13-34-25-33(19-18-32(34)24-29)30-14-16-31(17-15-30)35-20-23-41(39(46)27-35)53-44(51)38-22-21-37(52-6-3)26-36(38)28-47-49(43(50)5-2)45-48-40-10-7-8-11-42(40)54-45/h5-8,10-28,32,34H,2-4,9H2,1H3/b47-28+. The quantitative estimate of drug-likeness (QED) is 0.0318. The number of esters is 1. The molecule has 7 rings (SSSR count). The van der Waals surface area contributed by atoms with Crippen molar-refractivity contribution in [3.8, 4) is 22.6 Å². The first-order valence-electron chi connectivity index (χ1n) is 17.5. The van der Waals surface area contributed by atoms with Gasteiger partial charge in [0.1, 0.15) is 5.75 Å². The van der Waals surface area contributed by atoms with Gasteiger partial charge in [0.2, 0.25) is 5.13 Å². The van der Waals surface area contributed by atoms with E-state index in [1.54, 1.807) is 12.1 Å². The van der Waals surface area contributed by atoms with Gasteiger partial charge < -0.3 is 9.47 Å². The number of halogens is 1. The molecule has 268 valence electrons. The molecule has 1 heterocycles. The van der Waals surface area contributed by atoms with E-state index in [9.17, 15) is 9.59 Å². The summed E-state index contributed by atoms with van der Waals surface area (Å²) >= 11 is 1.27. The van der Waals surface area contributed by atoms with E-state index in [1.807, 2.05) is 48.5 Å². The average molecular weight is 734 g/mol. The Morgan fingerprint density at radius 1 is 0.926 bits per heavy atom. The molecule has 0 fully saturated rings. The van der Waals surface area contributed by atoms with E-state index in [1.165, 1.54) is 53.7 Å². The third-order valence-electron chi connectivity index (χ3n) is 9.10. The van der Waals surface area contributed by atoms with Crippen molar-refractivity contribution in [2.45, 2.75) is 19.8 Å². The summed E-state index contributed by atoms with van der Waals surface area (Å²) in [5, 5.41) is 5.77. The van der Waals surface area contributed by atoms with Gasteiger partial charge in [-0.2, -0.15) is 10.1 Å². The van der Waals surface area contributed by atoms with Gasteiger partial charge in [-0.3, -0.25) is 4.79 Å². The molecule has 2 atom stereocenters. The van der Waals surface area contributed by atoms with Crippen molar-refractivity contribution in [2.75, 3.05) is 5.01 Å². The van der Waals surface area contributed by atoms with Crippen LogP contribution in [-0.4, -0.2) is 23.1 Å². The smallest absolute Gasteiger partial charge is 0.344 e. The Bertz CT molecular complexity index is 2390. The number of hydrogen-bond acceptors (Lipinski definition) is 7. The number of rotatable bonds is 12. The second-order valence-electron chi connectivity index (χ2n) is 12.7. The summed E-state index contributed by atoms with van der Waals surface area (Å²) in [5.74, 6) is -1.23. The van der Waals surface area contributed by atoms with Crippen LogP contribution in [0.2, 0.25) is 0 Å². The molecule has 54 heavy (non-hydrogen) atoms. The highest BCUT2D eigenvalue weighted by molar-refractivity contribution is 7.22. The summed E-state index contributed by atoms with van der Waals surface area (Å²) in [7, 11) is 0. The largest absolute Gasteiger partial charge is 0.466 e. The number of hydrogen-bond donors (Lipinski definition) is 0. The third kappa shape index (κ3) is 7.82. The van der Waals surface area contributed by atoms with Crippen molar-refractivity contribution < 1.29 is 23.5 Å². The van der Waals surface area contributed by atoms with E-state index >= 15 is 4.39 Å². The molecule has 0 aliphatic heterocycles. The molecular weight excluding hydrogens is 698 g/mol. The Labute approximate surface area is 317 Å². The maximum Gasteiger partial charge on any atom is 0.344 e. The summed E-state index contributed by atoms with van der Waals surface area (Å²) in [5.41, 5.74) is 6.09. The lowest BCUT2D eigenvalue weighted by molar-refractivity contribution is -0.114. The summed E-state index contributed by atoms with van der Waals surface area (Å²) in [6, 6.07) is 24.4. The van der Waals surface area contributed by atoms with E-state index in [-0.39, 0.29) is 16.9 Å². The Balaban J connectivity index is 1.08. The first kappa shape index (κ1) is 35.9. The summed E-state index contributed by atoms with van der Waals surface area (Å²) in [6.07, 6.45) is 19.5. The van der Waals surface area contributed by atoms with Crippen LogP contribution in [0.5, 0.6) is 11.5 Å². The van der Waals surface area contributed by atoms with Crippen molar-refractivity contribution in [1.29, 1.82) is 0 Å². The van der Waals surface area contributed by atoms with Gasteiger partial charge in [-0.15, -0.1) is 0 Å². The van der Waals surface area contributed by atoms with Crippen LogP contribution >= 0.6 is 11.3 Å². The highest BCUT2D eigenvalue weighted by atomic mass is 32.1. The molecule has 4 aromatic carbocycles. The van der Waals surface area contributed by atoms with E-state index in [4.69, 9.17) is 9.47 Å². The van der Waals surface area contributed by atoms with E-state index < -0.39 is 17.7 Å². The van der Waals surface area contributed by atoms with Crippen LogP contribution in [0.4, 0.5) is 9.52 Å². The van der Waals surface area contributed by atoms with Gasteiger partial charge in [-0.05, 0) is 77.2 Å². The van der Waals surface area contributed by atoms with Gasteiger partial charge in [0.15, 0.2) is 11.6 Å². The van der Waals surface area contributed by atoms with E-state index in [0.29, 0.717) is 33.8 Å². The number of ether oxygens (including phenoxy) is 2. The number of para-hydroxylation sites is 1. The lowest BCUT2D eigenvalue weighted by Gasteiger charge is -2.25. The minimum absolute atomic E-state index is 0.0584. The number of amides is 1. The van der Waals surface area contributed by atoms with E-state index in [2.05, 4.69) is 66.6 Å². The molecule has 2 aliphatic carbocycles. The summed E-state index contributed by atoms with van der Waals surface area (Å²) in [6.45, 7) is 9.37. The Morgan fingerprint density at radius 3 is 2.44 bits per heavy atom. The van der Waals surface area contributed by atoms with Crippen molar-refractivity contribution in [3.05, 3.63) is 175 Å². The number of allylic oxidation sites excluding steroid dienone is 8. The van der Waals surface area contributed by atoms with Gasteiger partial charge in [0.25, 0.3) is 5.91 Å². The lowest BCUT2D eigenvalue weighted by Crippen LogP contribution is -2.23. The highest BCUT2D eigenvalue weighted by Crippen LogP contribution is 2.36. The second kappa shape index (κ2) is 16.1. The van der Waals surface area contributed by atoms with Crippen LogP contribution in [0.15, 0.2) is 158 Å². The van der Waals surface area contributed by atoms with Crippen LogP contribution in [0.25, 0.3) is 26.9 Å². The molecule has 2 unspecified atom stereocenters. The molecule has 1 amide bonds. The lowest BCUT2D eigenvalue weighted by atomic mass is 9.79. The SMILES string of the molecule is C=COc1ccc(C(=O)Oc2ccc(-c3ccc(C4=CC5C=CC(CCC)=CC5C=C4)cc3)cc2F)c(/C=N/N(C(=O)C=C)c2nc3ccccc3s2)c1. The molecule has 7 nitrogen and oxygen atoms in total. The van der Waals surface area contributed by atoms with Crippen molar-refractivity contribution in [2.24, 2.45) is 16.9 Å². The van der Waals surface area contributed by atoms with Gasteiger partial charge in [0.05, 0.1) is 28.3 Å². The first-order chi connectivity index (χ1) is 26.3. The average Bonchev–Trinajstić information content (AvgIpc) is 3.63. The number of carbonyl (C=O) groups is 2. The zero-order valence-electron chi connectivity index (χ0n) is 29.5. The number of nitrogens with zero attached hydrogens (tertiary/aromatic N) is 3. The van der Waals surface area contributed by atoms with Crippen molar-refractivity contribution in [1.82, 2.24) is 4.98 Å². The Hall–Kier alpha value is -6.45. The molecule has 0 saturated heterocycles. The number of benzene rings is 4. The van der Waals surface area contributed by atoms with Gasteiger partial charge in [-0.1, -0.05) is 122 Å². The second-order valence-corrected chi connectivity index (χ2v) is 13.7.